The molecule has 5 rings (SSSR count). The lowest BCUT2D eigenvalue weighted by Crippen LogP contribution is -2.31. The zero-order valence-electron chi connectivity index (χ0n) is 18.0. The molecule has 0 aromatic heterocycles. The fraction of sp³-hybridized carbons (Fsp3) is 0.458. The number of likely N-dealkylation sites (tertiary alicyclic amines) is 1. The van der Waals surface area contributed by atoms with Crippen LogP contribution in [0.25, 0.3) is 0 Å². The topological polar surface area (TPSA) is 76.2 Å². The molecule has 3 aliphatic heterocycles. The van der Waals surface area contributed by atoms with E-state index in [1.54, 1.807) is 24.3 Å². The molecular weight excluding hydrogens is 428 g/mol. The molecule has 0 bridgehead atoms. The molecule has 3 aliphatic rings. The van der Waals surface area contributed by atoms with Crippen molar-refractivity contribution in [1.29, 1.82) is 0 Å². The van der Waals surface area contributed by atoms with E-state index in [0.29, 0.717) is 38.4 Å². The van der Waals surface area contributed by atoms with E-state index in [-0.39, 0.29) is 16.8 Å². The molecule has 0 saturated carbocycles. The van der Waals surface area contributed by atoms with Crippen LogP contribution < -0.4 is 9.47 Å². The highest BCUT2D eigenvalue weighted by atomic mass is 32.2. The predicted molar refractivity (Wildman–Crippen MR) is 119 cm³/mol. The molecule has 1 amide bonds. The van der Waals surface area contributed by atoms with Crippen molar-refractivity contribution in [2.75, 3.05) is 32.8 Å². The fourth-order valence-electron chi connectivity index (χ4n) is 4.76. The maximum Gasteiger partial charge on any atom is 0.254 e. The third-order valence-corrected chi connectivity index (χ3v) is 8.39. The number of sulfonamides is 1. The number of ether oxygens (including phenoxy) is 2. The molecule has 0 unspecified atom stereocenters. The second kappa shape index (κ2) is 8.75. The summed E-state index contributed by atoms with van der Waals surface area (Å²) in [6.45, 7) is 3.06. The van der Waals surface area contributed by atoms with Crippen molar-refractivity contribution in [3.05, 3.63) is 53.6 Å². The number of fused-ring (bicyclic) bond motifs is 1. The van der Waals surface area contributed by atoms with Crippen LogP contribution in [0.15, 0.2) is 47.4 Å². The molecule has 2 aromatic rings. The van der Waals surface area contributed by atoms with Crippen molar-refractivity contribution in [3.63, 3.8) is 0 Å². The molecule has 2 fully saturated rings. The standard InChI is InChI=1S/C24H28N2O5S/c27-24(18-6-9-20(10-7-18)32(28,29)25-12-1-2-13-25)26-14-3-5-21(26)19-8-11-22-23(17-19)31-16-4-15-30-22/h6-11,17,21H,1-5,12-16H2/t21-/m1/s1. The molecule has 0 aliphatic carbocycles. The summed E-state index contributed by atoms with van der Waals surface area (Å²) in [6, 6.07) is 12.3. The predicted octanol–water partition coefficient (Wildman–Crippen LogP) is 3.61. The first-order valence-electron chi connectivity index (χ1n) is 11.3. The van der Waals surface area contributed by atoms with Gasteiger partial charge in [0.25, 0.3) is 5.91 Å². The number of carbonyl (C=O) groups is 1. The molecule has 32 heavy (non-hydrogen) atoms. The summed E-state index contributed by atoms with van der Waals surface area (Å²) in [5.74, 6) is 1.40. The first-order chi connectivity index (χ1) is 15.5. The number of hydrogen-bond acceptors (Lipinski definition) is 5. The van der Waals surface area contributed by atoms with Crippen molar-refractivity contribution in [2.45, 2.75) is 43.0 Å². The highest BCUT2D eigenvalue weighted by Gasteiger charge is 2.32. The van der Waals surface area contributed by atoms with Crippen LogP contribution in [0, 0.1) is 0 Å². The molecule has 7 nitrogen and oxygen atoms in total. The van der Waals surface area contributed by atoms with E-state index >= 15 is 0 Å². The first-order valence-corrected chi connectivity index (χ1v) is 12.8. The van der Waals surface area contributed by atoms with Gasteiger partial charge in [-0.25, -0.2) is 8.42 Å². The summed E-state index contributed by atoms with van der Waals surface area (Å²) in [7, 11) is -3.48. The fourth-order valence-corrected chi connectivity index (χ4v) is 6.27. The summed E-state index contributed by atoms with van der Waals surface area (Å²) < 4.78 is 38.6. The van der Waals surface area contributed by atoms with Crippen LogP contribution >= 0.6 is 0 Å². The Morgan fingerprint density at radius 1 is 0.844 bits per heavy atom. The monoisotopic (exact) mass is 456 g/mol. The molecule has 1 atom stereocenters. The Morgan fingerprint density at radius 2 is 1.56 bits per heavy atom. The Bertz CT molecular complexity index is 1090. The van der Waals surface area contributed by atoms with Gasteiger partial charge in [0.05, 0.1) is 24.2 Å². The van der Waals surface area contributed by atoms with E-state index in [1.165, 1.54) is 4.31 Å². The van der Waals surface area contributed by atoms with Crippen LogP contribution in [0.5, 0.6) is 11.5 Å². The van der Waals surface area contributed by atoms with Crippen LogP contribution in [0.3, 0.4) is 0 Å². The van der Waals surface area contributed by atoms with Crippen LogP contribution in [0.1, 0.15) is 54.1 Å². The van der Waals surface area contributed by atoms with Gasteiger partial charge in [-0.2, -0.15) is 4.31 Å². The van der Waals surface area contributed by atoms with Crippen molar-refractivity contribution in [1.82, 2.24) is 9.21 Å². The first kappa shape index (κ1) is 21.3. The highest BCUT2D eigenvalue weighted by Crippen LogP contribution is 2.38. The molecule has 2 saturated heterocycles. The maximum atomic E-state index is 13.3. The summed E-state index contributed by atoms with van der Waals surface area (Å²) in [5, 5.41) is 0. The van der Waals surface area contributed by atoms with Gasteiger partial charge in [0.2, 0.25) is 10.0 Å². The highest BCUT2D eigenvalue weighted by molar-refractivity contribution is 7.89. The van der Waals surface area contributed by atoms with Crippen molar-refractivity contribution >= 4 is 15.9 Å². The average molecular weight is 457 g/mol. The van der Waals surface area contributed by atoms with E-state index < -0.39 is 10.0 Å². The third-order valence-electron chi connectivity index (χ3n) is 6.47. The quantitative estimate of drug-likeness (QED) is 0.703. The van der Waals surface area contributed by atoms with Crippen LogP contribution in [0.4, 0.5) is 0 Å². The summed E-state index contributed by atoms with van der Waals surface area (Å²) >= 11 is 0. The Hall–Kier alpha value is -2.58. The van der Waals surface area contributed by atoms with Gasteiger partial charge in [0.15, 0.2) is 11.5 Å². The van der Waals surface area contributed by atoms with Crippen LogP contribution in [0.2, 0.25) is 0 Å². The number of rotatable bonds is 4. The zero-order chi connectivity index (χ0) is 22.1. The summed E-state index contributed by atoms with van der Waals surface area (Å²) in [5.41, 5.74) is 1.54. The lowest BCUT2D eigenvalue weighted by Gasteiger charge is -2.26. The second-order valence-corrected chi connectivity index (χ2v) is 10.5. The normalized spacial score (nSPS) is 21.5. The molecule has 0 N–H and O–H groups in total. The number of benzene rings is 2. The van der Waals surface area contributed by atoms with Gasteiger partial charge in [-0.15, -0.1) is 0 Å². The SMILES string of the molecule is O=C(c1ccc(S(=O)(=O)N2CCCC2)cc1)N1CCC[C@@H]1c1ccc2c(c1)OCCCO2. The molecule has 8 heteroatoms. The lowest BCUT2D eigenvalue weighted by atomic mass is 10.0. The Kier molecular flexibility index (Phi) is 5.82. The van der Waals surface area contributed by atoms with Crippen molar-refractivity contribution in [2.24, 2.45) is 0 Å². The summed E-state index contributed by atoms with van der Waals surface area (Å²) in [6.07, 6.45) is 4.44. The molecule has 0 spiro atoms. The molecule has 2 aromatic carbocycles. The smallest absolute Gasteiger partial charge is 0.254 e. The van der Waals surface area contributed by atoms with Crippen LogP contribution in [-0.2, 0) is 10.0 Å². The van der Waals surface area contributed by atoms with E-state index in [9.17, 15) is 13.2 Å². The molecular formula is C24H28N2O5S. The van der Waals surface area contributed by atoms with Gasteiger partial charge < -0.3 is 14.4 Å². The van der Waals surface area contributed by atoms with Gasteiger partial charge in [-0.3, -0.25) is 4.79 Å². The molecule has 170 valence electrons. The number of nitrogens with zero attached hydrogens (tertiary/aromatic N) is 2. The zero-order valence-corrected chi connectivity index (χ0v) is 18.9. The second-order valence-electron chi connectivity index (χ2n) is 8.55. The molecule has 3 heterocycles. The maximum absolute atomic E-state index is 13.3. The lowest BCUT2D eigenvalue weighted by molar-refractivity contribution is 0.0735. The van der Waals surface area contributed by atoms with E-state index in [1.807, 2.05) is 23.1 Å². The van der Waals surface area contributed by atoms with Crippen molar-refractivity contribution in [3.8, 4) is 11.5 Å². The minimum atomic E-state index is -3.48. The average Bonchev–Trinajstić information content (AvgIpc) is 3.48. The molecule has 0 radical (unpaired) electrons. The Morgan fingerprint density at radius 3 is 2.31 bits per heavy atom. The van der Waals surface area contributed by atoms with E-state index in [2.05, 4.69) is 0 Å². The Balaban J connectivity index is 1.35. The van der Waals surface area contributed by atoms with E-state index in [4.69, 9.17) is 9.47 Å². The van der Waals surface area contributed by atoms with Gasteiger partial charge in [-0.1, -0.05) is 6.07 Å². The Labute approximate surface area is 189 Å². The van der Waals surface area contributed by atoms with Gasteiger partial charge in [-0.05, 0) is 67.6 Å². The van der Waals surface area contributed by atoms with Crippen molar-refractivity contribution < 1.29 is 22.7 Å². The number of hydrogen-bond donors (Lipinski definition) is 0. The minimum Gasteiger partial charge on any atom is -0.490 e. The van der Waals surface area contributed by atoms with E-state index in [0.717, 1.165) is 49.2 Å². The van der Waals surface area contributed by atoms with Gasteiger partial charge >= 0.3 is 0 Å². The van der Waals surface area contributed by atoms with Crippen LogP contribution in [-0.4, -0.2) is 56.4 Å². The number of amides is 1. The number of carbonyl (C=O) groups excluding carboxylic acids is 1. The van der Waals surface area contributed by atoms with Gasteiger partial charge in [0, 0.05) is 31.6 Å². The van der Waals surface area contributed by atoms with Gasteiger partial charge in [0.1, 0.15) is 0 Å². The minimum absolute atomic E-state index is 0.0346. The summed E-state index contributed by atoms with van der Waals surface area (Å²) in [4.78, 5) is 15.4. The third kappa shape index (κ3) is 3.97. The largest absolute Gasteiger partial charge is 0.490 e.